The highest BCUT2D eigenvalue weighted by Crippen LogP contribution is 2.30. The third-order valence-corrected chi connectivity index (χ3v) is 2.62. The van der Waals surface area contributed by atoms with Gasteiger partial charge in [0.2, 0.25) is 0 Å². The van der Waals surface area contributed by atoms with Crippen molar-refractivity contribution in [3.8, 4) is 0 Å². The lowest BCUT2D eigenvalue weighted by molar-refractivity contribution is 0.0717. The Labute approximate surface area is 98.4 Å². The lowest BCUT2D eigenvalue weighted by atomic mass is 10.1. The van der Waals surface area contributed by atoms with E-state index in [2.05, 4.69) is 4.98 Å². The topological polar surface area (TPSA) is 39.2 Å². The largest absolute Gasteiger partial charge is 0.422 e. The molecule has 0 N–H and O–H groups in total. The van der Waals surface area contributed by atoms with Gasteiger partial charge in [0.05, 0.1) is 5.56 Å². The van der Waals surface area contributed by atoms with Gasteiger partial charge in [0.25, 0.3) is 0 Å². The molecule has 0 unspecified atom stereocenters. The SMILES string of the molecule is O=C1O/C(=C/c2ccncc2)c2ccccc21. The highest BCUT2D eigenvalue weighted by molar-refractivity contribution is 6.05. The van der Waals surface area contributed by atoms with Gasteiger partial charge in [-0.25, -0.2) is 4.79 Å². The van der Waals surface area contributed by atoms with E-state index in [4.69, 9.17) is 4.74 Å². The zero-order valence-corrected chi connectivity index (χ0v) is 8.96. The summed E-state index contributed by atoms with van der Waals surface area (Å²) in [6.45, 7) is 0. The number of rotatable bonds is 1. The maximum atomic E-state index is 11.6. The molecule has 3 heteroatoms. The molecule has 2 heterocycles. The minimum absolute atomic E-state index is 0.291. The molecule has 0 amide bonds. The fourth-order valence-corrected chi connectivity index (χ4v) is 1.80. The third-order valence-electron chi connectivity index (χ3n) is 2.62. The van der Waals surface area contributed by atoms with Gasteiger partial charge in [-0.3, -0.25) is 4.98 Å². The van der Waals surface area contributed by atoms with Crippen molar-refractivity contribution in [3.63, 3.8) is 0 Å². The van der Waals surface area contributed by atoms with Crippen molar-refractivity contribution in [2.24, 2.45) is 0 Å². The molecule has 3 nitrogen and oxygen atoms in total. The number of hydrogen-bond acceptors (Lipinski definition) is 3. The average molecular weight is 223 g/mol. The smallest absolute Gasteiger partial charge is 0.344 e. The Morgan fingerprint density at radius 1 is 1.00 bits per heavy atom. The monoisotopic (exact) mass is 223 g/mol. The van der Waals surface area contributed by atoms with Crippen LogP contribution in [0, 0.1) is 0 Å². The first-order chi connectivity index (χ1) is 8.34. The molecule has 0 radical (unpaired) electrons. The second-order valence-corrected chi connectivity index (χ2v) is 3.72. The Hall–Kier alpha value is -2.42. The Morgan fingerprint density at radius 2 is 1.71 bits per heavy atom. The van der Waals surface area contributed by atoms with Crippen LogP contribution >= 0.6 is 0 Å². The summed E-state index contributed by atoms with van der Waals surface area (Å²) in [5.74, 6) is 0.303. The zero-order valence-electron chi connectivity index (χ0n) is 8.96. The van der Waals surface area contributed by atoms with Crippen LogP contribution in [0.3, 0.4) is 0 Å². The molecule has 82 valence electrons. The van der Waals surface area contributed by atoms with Gasteiger partial charge in [0.1, 0.15) is 5.76 Å². The van der Waals surface area contributed by atoms with Crippen LogP contribution in [0.2, 0.25) is 0 Å². The van der Waals surface area contributed by atoms with E-state index in [1.54, 1.807) is 18.5 Å². The van der Waals surface area contributed by atoms with E-state index in [9.17, 15) is 4.79 Å². The quantitative estimate of drug-likeness (QED) is 0.698. The zero-order chi connectivity index (χ0) is 11.7. The third kappa shape index (κ3) is 1.72. The number of aromatic nitrogens is 1. The van der Waals surface area contributed by atoms with Crippen molar-refractivity contribution in [1.82, 2.24) is 4.98 Å². The first-order valence-corrected chi connectivity index (χ1v) is 5.28. The van der Waals surface area contributed by atoms with Crippen LogP contribution in [0.1, 0.15) is 21.5 Å². The molecular formula is C14H9NO2. The summed E-state index contributed by atoms with van der Waals surface area (Å²) in [7, 11) is 0. The Bertz CT molecular complexity index is 603. The van der Waals surface area contributed by atoms with Gasteiger partial charge in [-0.15, -0.1) is 0 Å². The first kappa shape index (κ1) is 9.78. The molecule has 1 aromatic carbocycles. The van der Waals surface area contributed by atoms with Crippen molar-refractivity contribution < 1.29 is 9.53 Å². The number of cyclic esters (lactones) is 1. The normalized spacial score (nSPS) is 15.8. The maximum Gasteiger partial charge on any atom is 0.344 e. The van der Waals surface area contributed by atoms with Crippen LogP contribution in [0.15, 0.2) is 48.8 Å². The van der Waals surface area contributed by atoms with E-state index < -0.39 is 0 Å². The average Bonchev–Trinajstić information content (AvgIpc) is 2.69. The second-order valence-electron chi connectivity index (χ2n) is 3.72. The molecule has 0 saturated carbocycles. The van der Waals surface area contributed by atoms with Gasteiger partial charge in [-0.2, -0.15) is 0 Å². The van der Waals surface area contributed by atoms with Crippen molar-refractivity contribution in [3.05, 3.63) is 65.5 Å². The molecule has 0 aliphatic carbocycles. The van der Waals surface area contributed by atoms with E-state index in [1.165, 1.54) is 0 Å². The summed E-state index contributed by atoms with van der Waals surface area (Å²) in [5, 5.41) is 0. The summed E-state index contributed by atoms with van der Waals surface area (Å²) in [4.78, 5) is 15.5. The van der Waals surface area contributed by atoms with Crippen molar-refractivity contribution >= 4 is 17.8 Å². The van der Waals surface area contributed by atoms with Gasteiger partial charge >= 0.3 is 5.97 Å². The number of pyridine rings is 1. The Kier molecular flexibility index (Phi) is 2.22. The van der Waals surface area contributed by atoms with E-state index in [-0.39, 0.29) is 5.97 Å². The summed E-state index contributed by atoms with van der Waals surface area (Å²) in [6.07, 6.45) is 5.25. The minimum Gasteiger partial charge on any atom is -0.422 e. The summed E-state index contributed by atoms with van der Waals surface area (Å²) in [5.41, 5.74) is 2.42. The lowest BCUT2D eigenvalue weighted by Crippen LogP contribution is -1.92. The fraction of sp³-hybridized carbons (Fsp3) is 0. The number of benzene rings is 1. The van der Waals surface area contributed by atoms with Gasteiger partial charge < -0.3 is 4.74 Å². The predicted octanol–water partition coefficient (Wildman–Crippen LogP) is 2.75. The molecule has 0 atom stereocenters. The van der Waals surface area contributed by atoms with Crippen LogP contribution in [0.5, 0.6) is 0 Å². The standard InChI is InChI=1S/C14H9NO2/c16-14-12-4-2-1-3-11(12)13(17-14)9-10-5-7-15-8-6-10/h1-9H/b13-9+. The summed E-state index contributed by atoms with van der Waals surface area (Å²) < 4.78 is 5.24. The first-order valence-electron chi connectivity index (χ1n) is 5.28. The van der Waals surface area contributed by atoms with E-state index in [1.807, 2.05) is 36.4 Å². The van der Waals surface area contributed by atoms with Crippen LogP contribution in [-0.2, 0) is 4.74 Å². The number of hydrogen-bond donors (Lipinski definition) is 0. The molecule has 1 aromatic heterocycles. The molecular weight excluding hydrogens is 214 g/mol. The number of carbonyl (C=O) groups is 1. The van der Waals surface area contributed by atoms with Gasteiger partial charge in [0.15, 0.2) is 0 Å². The molecule has 3 rings (SSSR count). The van der Waals surface area contributed by atoms with Crippen LogP contribution < -0.4 is 0 Å². The molecule has 0 saturated heterocycles. The number of fused-ring (bicyclic) bond motifs is 1. The summed E-state index contributed by atoms with van der Waals surface area (Å²) in [6, 6.07) is 11.1. The maximum absolute atomic E-state index is 11.6. The van der Waals surface area contributed by atoms with E-state index in [0.717, 1.165) is 11.1 Å². The number of nitrogens with zero attached hydrogens (tertiary/aromatic N) is 1. The molecule has 0 bridgehead atoms. The molecule has 2 aromatic rings. The number of carbonyl (C=O) groups excluding carboxylic acids is 1. The fourth-order valence-electron chi connectivity index (χ4n) is 1.80. The minimum atomic E-state index is -0.291. The molecule has 1 aliphatic rings. The van der Waals surface area contributed by atoms with Crippen molar-refractivity contribution in [2.45, 2.75) is 0 Å². The van der Waals surface area contributed by atoms with Gasteiger partial charge in [-0.1, -0.05) is 18.2 Å². The summed E-state index contributed by atoms with van der Waals surface area (Å²) >= 11 is 0. The van der Waals surface area contributed by atoms with Crippen molar-refractivity contribution in [1.29, 1.82) is 0 Å². The van der Waals surface area contributed by atoms with Gasteiger partial charge in [0, 0.05) is 18.0 Å². The van der Waals surface area contributed by atoms with Crippen LogP contribution in [-0.4, -0.2) is 11.0 Å². The van der Waals surface area contributed by atoms with Crippen LogP contribution in [0.25, 0.3) is 11.8 Å². The Morgan fingerprint density at radius 3 is 2.47 bits per heavy atom. The highest BCUT2D eigenvalue weighted by Gasteiger charge is 2.25. The van der Waals surface area contributed by atoms with E-state index in [0.29, 0.717) is 11.3 Å². The number of esters is 1. The second kappa shape index (κ2) is 3.87. The van der Waals surface area contributed by atoms with Crippen molar-refractivity contribution in [2.75, 3.05) is 0 Å². The van der Waals surface area contributed by atoms with E-state index >= 15 is 0 Å². The molecule has 0 spiro atoms. The lowest BCUT2D eigenvalue weighted by Gasteiger charge is -1.98. The van der Waals surface area contributed by atoms with Crippen LogP contribution in [0.4, 0.5) is 0 Å². The molecule has 0 fully saturated rings. The Balaban J connectivity index is 2.08. The van der Waals surface area contributed by atoms with Gasteiger partial charge in [-0.05, 0) is 29.8 Å². The highest BCUT2D eigenvalue weighted by atomic mass is 16.5. The number of ether oxygens (including phenoxy) is 1. The molecule has 17 heavy (non-hydrogen) atoms. The predicted molar refractivity (Wildman–Crippen MR) is 64.0 cm³/mol. The molecule has 1 aliphatic heterocycles.